The van der Waals surface area contributed by atoms with Crippen molar-refractivity contribution in [3.8, 4) is 0 Å². The van der Waals surface area contributed by atoms with Gasteiger partial charge in [0.2, 0.25) is 0 Å². The lowest BCUT2D eigenvalue weighted by atomic mass is 10.2. The van der Waals surface area contributed by atoms with E-state index in [0.717, 1.165) is 0 Å². The smallest absolute Gasteiger partial charge is 0.414 e. The first-order valence-corrected chi connectivity index (χ1v) is 23.9. The average Bonchev–Trinajstić information content (AvgIpc) is 3.09. The molecule has 0 bridgehead atoms. The van der Waals surface area contributed by atoms with Crippen LogP contribution >= 0.6 is 115 Å². The predicted molar refractivity (Wildman–Crippen MR) is 283 cm³/mol. The van der Waals surface area contributed by atoms with Crippen LogP contribution in [0.15, 0.2) is 0 Å². The van der Waals surface area contributed by atoms with Crippen molar-refractivity contribution in [3.05, 3.63) is 0 Å². The van der Waals surface area contributed by atoms with E-state index < -0.39 is 65.3 Å². The van der Waals surface area contributed by atoms with Gasteiger partial charge >= 0.3 is 65.3 Å². The van der Waals surface area contributed by atoms with Gasteiger partial charge in [-0.2, -0.15) is 0 Å². The van der Waals surface area contributed by atoms with Crippen LogP contribution in [0.2, 0.25) is 0 Å². The molecule has 22 nitrogen and oxygen atoms in total. The fourth-order valence-corrected chi connectivity index (χ4v) is 2.96. The number of hydrogen-bond donors (Lipinski definition) is 20. The summed E-state index contributed by atoms with van der Waals surface area (Å²) in [7, 11) is 0. The van der Waals surface area contributed by atoms with Crippen molar-refractivity contribution < 1.29 is 100 Å². The van der Waals surface area contributed by atoms with Crippen LogP contribution in [0.5, 0.6) is 0 Å². The summed E-state index contributed by atoms with van der Waals surface area (Å²) < 4.78 is 0. The fraction of sp³-hybridized carbons (Fsp3) is 1.00. The first-order chi connectivity index (χ1) is 30.0. The first kappa shape index (κ1) is 97.9. The molecule has 0 unspecified atom stereocenters. The summed E-state index contributed by atoms with van der Waals surface area (Å²) in [5.74, 6) is 0. The molecule has 0 saturated heterocycles. The number of hydrogen-bond acceptors (Lipinski definition) is 22. The molecule has 66 heavy (non-hydrogen) atoms. The molecule has 20 N–H and O–H groups in total. The highest BCUT2D eigenvalue weighted by Crippen LogP contribution is 2.02. The molecule has 42 heteroatoms. The third kappa shape index (κ3) is 404. The zero-order valence-corrected chi connectivity index (χ0v) is 45.7. The molecule has 0 aliphatic heterocycles. The monoisotopic (exact) mass is 1170 g/mol. The Balaban J connectivity index is -0.0000000506. The summed E-state index contributed by atoms with van der Waals surface area (Å²) in [4.78, 5) is 5.27. The largest absolute Gasteiger partial charge is 0.566 e. The number of unbranched alkanes of at least 4 members (excludes halogenated alkanes) is 6. The van der Waals surface area contributed by atoms with Crippen molar-refractivity contribution in [2.45, 2.75) is 119 Å². The molecule has 0 aromatic carbocycles. The van der Waals surface area contributed by atoms with Crippen LogP contribution in [0, 0.1) is 0 Å². The topological polar surface area (TPSA) is 411 Å². The quantitative estimate of drug-likeness (QED) is 0.0756. The van der Waals surface area contributed by atoms with Crippen LogP contribution < -0.4 is 0 Å². The maximum Gasteiger partial charge on any atom is 0.566 e. The molecule has 0 heterocycles. The molecule has 0 radical (unpaired) electrons. The second-order valence-electron chi connectivity index (χ2n) is 10.9. The van der Waals surface area contributed by atoms with Gasteiger partial charge in [0.05, 0.1) is 0 Å². The Morgan fingerprint density at radius 3 is 0.318 bits per heavy atom. The number of nitrogens with zero attached hydrogens (tertiary/aromatic N) is 2. The molecule has 0 spiro atoms. The molecule has 0 atom stereocenters. The SMILES string of the molecule is CCCCN(CCCC)CCCC.CCCCN(CCCC)CCCC.OB(O)Cl.OB(O)Cl.OB(O)Cl.OB(O)Cl.OB(O)Cl.OB(O)Cl.OB(O)Cl.OB(O)Cl.OB(O)Cl.OB(O)Cl. The van der Waals surface area contributed by atoms with Gasteiger partial charge in [0.15, 0.2) is 0 Å². The molecular weight excluding hydrogens is 1100 g/mol. The Kier molecular flexibility index (Phi) is 139. The molecule has 0 aliphatic carbocycles. The molecule has 0 aromatic heterocycles. The van der Waals surface area contributed by atoms with Crippen LogP contribution in [0.25, 0.3) is 0 Å². The van der Waals surface area contributed by atoms with E-state index in [0.29, 0.717) is 0 Å². The Hall–Kier alpha value is 2.67. The molecule has 0 fully saturated rings. The van der Waals surface area contributed by atoms with Crippen molar-refractivity contribution in [1.82, 2.24) is 9.80 Å². The summed E-state index contributed by atoms with van der Waals surface area (Å²) >= 11 is 43.9. The van der Waals surface area contributed by atoms with Gasteiger partial charge in [-0.15, -0.1) is 115 Å². The summed E-state index contributed by atoms with van der Waals surface area (Å²) in [5, 5.41) is 148. The summed E-state index contributed by atoms with van der Waals surface area (Å²) in [6.45, 7) is 4.61. The van der Waals surface area contributed by atoms with Gasteiger partial charge in [0.1, 0.15) is 0 Å². The highest BCUT2D eigenvalue weighted by atomic mass is 35.5. The second-order valence-corrected chi connectivity index (χ2v) is 14.8. The van der Waals surface area contributed by atoms with Gasteiger partial charge in [0.25, 0.3) is 0 Å². The highest BCUT2D eigenvalue weighted by Gasteiger charge is 2.03. The molecular formula is C24H74B10Cl10N2O20. The van der Waals surface area contributed by atoms with E-state index in [2.05, 4.69) is 166 Å². The van der Waals surface area contributed by atoms with Gasteiger partial charge in [0, 0.05) is 0 Å². The van der Waals surface area contributed by atoms with E-state index in [1.54, 1.807) is 0 Å². The third-order valence-corrected chi connectivity index (χ3v) is 4.97. The third-order valence-electron chi connectivity index (χ3n) is 4.97. The van der Waals surface area contributed by atoms with E-state index in [1.807, 2.05) is 0 Å². The minimum absolute atomic E-state index is 1.32. The van der Waals surface area contributed by atoms with Crippen LogP contribution in [-0.4, -0.2) is 215 Å². The van der Waals surface area contributed by atoms with E-state index in [-0.39, 0.29) is 0 Å². The normalized spacial score (nSPS) is 8.45. The lowest BCUT2D eigenvalue weighted by Crippen LogP contribution is -2.27. The standard InChI is InChI=1S/2C12H27N.10BClH2O2/c2*1-4-7-10-13(11-8-5-2)12-9-6-3;10*2-1(3)4/h2*4-12H2,1-3H3;10*3-4H. The van der Waals surface area contributed by atoms with E-state index in [9.17, 15) is 0 Å². The predicted octanol–water partition coefficient (Wildman–Crippen LogP) is -0.676. The van der Waals surface area contributed by atoms with Crippen molar-refractivity contribution in [3.63, 3.8) is 0 Å². The molecule has 0 aromatic rings. The van der Waals surface area contributed by atoms with Gasteiger partial charge < -0.3 is 110 Å². The van der Waals surface area contributed by atoms with Crippen molar-refractivity contribution in [1.29, 1.82) is 0 Å². The maximum absolute atomic E-state index is 7.38. The van der Waals surface area contributed by atoms with E-state index in [1.165, 1.54) is 116 Å². The Morgan fingerprint density at radius 2 is 0.273 bits per heavy atom. The van der Waals surface area contributed by atoms with E-state index in [4.69, 9.17) is 100 Å². The summed E-state index contributed by atoms with van der Waals surface area (Å²) in [6.07, 6.45) is 16.2. The molecule has 0 amide bonds. The zero-order valence-electron chi connectivity index (χ0n) is 38.1. The Bertz CT molecular complexity index is 546. The maximum atomic E-state index is 7.38. The lowest BCUT2D eigenvalue weighted by molar-refractivity contribution is 0.261. The first-order valence-electron chi connectivity index (χ1n) is 19.5. The molecule has 0 aliphatic rings. The highest BCUT2D eigenvalue weighted by molar-refractivity contribution is 7.00. The van der Waals surface area contributed by atoms with Crippen LogP contribution in [0.4, 0.5) is 0 Å². The minimum Gasteiger partial charge on any atom is -0.414 e. The Morgan fingerprint density at radius 1 is 0.212 bits per heavy atom. The molecule has 0 rings (SSSR count). The van der Waals surface area contributed by atoms with Crippen molar-refractivity contribution in [2.24, 2.45) is 0 Å². The van der Waals surface area contributed by atoms with Crippen LogP contribution in [-0.2, 0) is 0 Å². The second kappa shape index (κ2) is 93.7. The van der Waals surface area contributed by atoms with Crippen molar-refractivity contribution >= 4 is 180 Å². The molecule has 0 saturated carbocycles. The Labute approximate surface area is 445 Å². The van der Waals surface area contributed by atoms with Gasteiger partial charge in [-0.3, -0.25) is 0 Å². The van der Waals surface area contributed by atoms with Gasteiger partial charge in [-0.25, -0.2) is 0 Å². The molecule has 400 valence electrons. The van der Waals surface area contributed by atoms with Crippen molar-refractivity contribution in [2.75, 3.05) is 39.3 Å². The fourth-order valence-electron chi connectivity index (χ4n) is 2.96. The van der Waals surface area contributed by atoms with Crippen LogP contribution in [0.1, 0.15) is 119 Å². The van der Waals surface area contributed by atoms with Gasteiger partial charge in [-0.1, -0.05) is 80.1 Å². The van der Waals surface area contributed by atoms with Crippen LogP contribution in [0.3, 0.4) is 0 Å². The van der Waals surface area contributed by atoms with Gasteiger partial charge in [-0.05, 0) is 77.8 Å². The average molecular weight is 1170 g/mol. The summed E-state index contributed by atoms with van der Waals surface area (Å²) in [5.41, 5.74) is 0. The zero-order chi connectivity index (χ0) is 55.7. The number of rotatable bonds is 18. The van der Waals surface area contributed by atoms with E-state index >= 15 is 0 Å². The summed E-state index contributed by atoms with van der Waals surface area (Å²) in [6, 6.07) is 0. The minimum atomic E-state index is -1.69. The lowest BCUT2D eigenvalue weighted by Gasteiger charge is -2.21. The number of halogens is 10.